The van der Waals surface area contributed by atoms with Crippen LogP contribution in [0.4, 0.5) is 0 Å². The summed E-state index contributed by atoms with van der Waals surface area (Å²) in [5.41, 5.74) is 1.07. The fourth-order valence-electron chi connectivity index (χ4n) is 2.08. The van der Waals surface area contributed by atoms with E-state index in [1.54, 1.807) is 0 Å². The molecular weight excluding hydrogens is 293 g/mol. The molecule has 1 atom stereocenters. The summed E-state index contributed by atoms with van der Waals surface area (Å²) in [7, 11) is 8.30. The Kier molecular flexibility index (Phi) is 7.85. The van der Waals surface area contributed by atoms with Crippen molar-refractivity contribution < 1.29 is 0 Å². The molecule has 3 nitrogen and oxygen atoms in total. The highest BCUT2D eigenvalue weighted by Crippen LogP contribution is 2.31. The van der Waals surface area contributed by atoms with Gasteiger partial charge in [0.05, 0.1) is 10.0 Å². The Morgan fingerprint density at radius 2 is 1.80 bits per heavy atom. The molecule has 0 heterocycles. The van der Waals surface area contributed by atoms with E-state index in [0.29, 0.717) is 10.0 Å². The van der Waals surface area contributed by atoms with E-state index >= 15 is 0 Å². The zero-order valence-electron chi connectivity index (χ0n) is 12.8. The third kappa shape index (κ3) is 5.58. The summed E-state index contributed by atoms with van der Waals surface area (Å²) in [5, 5.41) is 4.60. The minimum Gasteiger partial charge on any atom is -0.313 e. The van der Waals surface area contributed by atoms with Gasteiger partial charge < -0.3 is 15.1 Å². The summed E-state index contributed by atoms with van der Waals surface area (Å²) >= 11 is 12.4. The monoisotopic (exact) mass is 317 g/mol. The minimum atomic E-state index is 0.225. The van der Waals surface area contributed by atoms with E-state index in [0.717, 1.165) is 31.6 Å². The molecule has 1 aromatic rings. The summed E-state index contributed by atoms with van der Waals surface area (Å²) in [6, 6.07) is 6.03. The maximum atomic E-state index is 6.29. The molecule has 0 spiro atoms. The van der Waals surface area contributed by atoms with Crippen molar-refractivity contribution in [1.82, 2.24) is 15.1 Å². The second-order valence-corrected chi connectivity index (χ2v) is 6.16. The fourth-order valence-corrected chi connectivity index (χ4v) is 2.52. The molecule has 1 unspecified atom stereocenters. The molecule has 1 rings (SSSR count). The Morgan fingerprint density at radius 1 is 1.10 bits per heavy atom. The zero-order valence-corrected chi connectivity index (χ0v) is 14.3. The number of nitrogens with zero attached hydrogens (tertiary/aromatic N) is 2. The van der Waals surface area contributed by atoms with Crippen LogP contribution in [0, 0.1) is 0 Å². The van der Waals surface area contributed by atoms with Crippen LogP contribution >= 0.6 is 23.2 Å². The van der Waals surface area contributed by atoms with Crippen molar-refractivity contribution in [3.8, 4) is 0 Å². The van der Waals surface area contributed by atoms with Crippen LogP contribution in [0.3, 0.4) is 0 Å². The maximum Gasteiger partial charge on any atom is 0.0640 e. The van der Waals surface area contributed by atoms with Crippen LogP contribution in [0.5, 0.6) is 0 Å². The van der Waals surface area contributed by atoms with Crippen LogP contribution in [0.2, 0.25) is 10.0 Å². The quantitative estimate of drug-likeness (QED) is 0.794. The number of hydrogen-bond acceptors (Lipinski definition) is 3. The highest BCUT2D eigenvalue weighted by Gasteiger charge is 2.15. The summed E-state index contributed by atoms with van der Waals surface area (Å²) in [6.07, 6.45) is 1.00. The Hall–Kier alpha value is -0.320. The van der Waals surface area contributed by atoms with Gasteiger partial charge in [-0.1, -0.05) is 35.3 Å². The second kappa shape index (κ2) is 8.85. The standard InChI is InChI=1S/C15H25Cl2N3/c1-18-14(8-9-20(4)11-10-19(2)3)12-6-5-7-13(16)15(12)17/h5-7,14,18H,8-11H2,1-4H3. The molecule has 0 aliphatic heterocycles. The molecule has 0 bridgehead atoms. The molecular formula is C15H25Cl2N3. The van der Waals surface area contributed by atoms with Gasteiger partial charge in [0.1, 0.15) is 0 Å². The van der Waals surface area contributed by atoms with Gasteiger partial charge in [0.25, 0.3) is 0 Å². The van der Waals surface area contributed by atoms with Gasteiger partial charge in [0.15, 0.2) is 0 Å². The first-order chi connectivity index (χ1) is 9.45. The first-order valence-electron chi connectivity index (χ1n) is 6.90. The van der Waals surface area contributed by atoms with Gasteiger partial charge in [-0.05, 0) is 52.8 Å². The van der Waals surface area contributed by atoms with Crippen LogP contribution < -0.4 is 5.32 Å². The topological polar surface area (TPSA) is 18.5 Å². The lowest BCUT2D eigenvalue weighted by Crippen LogP contribution is -2.31. The Morgan fingerprint density at radius 3 is 2.40 bits per heavy atom. The lowest BCUT2D eigenvalue weighted by atomic mass is 10.0. The molecule has 1 aromatic carbocycles. The Labute approximate surface area is 132 Å². The molecule has 0 aromatic heterocycles. The maximum absolute atomic E-state index is 6.29. The minimum absolute atomic E-state index is 0.225. The van der Waals surface area contributed by atoms with Crippen molar-refractivity contribution in [2.45, 2.75) is 12.5 Å². The van der Waals surface area contributed by atoms with E-state index in [-0.39, 0.29) is 6.04 Å². The normalized spacial score (nSPS) is 13.2. The highest BCUT2D eigenvalue weighted by atomic mass is 35.5. The molecule has 1 N–H and O–H groups in total. The molecule has 114 valence electrons. The van der Waals surface area contributed by atoms with Crippen molar-refractivity contribution in [2.75, 3.05) is 47.8 Å². The van der Waals surface area contributed by atoms with E-state index in [4.69, 9.17) is 23.2 Å². The van der Waals surface area contributed by atoms with Crippen LogP contribution in [0.15, 0.2) is 18.2 Å². The van der Waals surface area contributed by atoms with Crippen LogP contribution in [-0.2, 0) is 0 Å². The van der Waals surface area contributed by atoms with Crippen molar-refractivity contribution in [1.29, 1.82) is 0 Å². The lowest BCUT2D eigenvalue weighted by Gasteiger charge is -2.23. The molecule has 0 fully saturated rings. The van der Waals surface area contributed by atoms with Gasteiger partial charge in [-0.25, -0.2) is 0 Å². The van der Waals surface area contributed by atoms with Crippen molar-refractivity contribution in [3.63, 3.8) is 0 Å². The van der Waals surface area contributed by atoms with Gasteiger partial charge in [0.2, 0.25) is 0 Å². The average molecular weight is 318 g/mol. The lowest BCUT2D eigenvalue weighted by molar-refractivity contribution is 0.270. The molecule has 0 aliphatic carbocycles. The third-order valence-electron chi connectivity index (χ3n) is 3.43. The first kappa shape index (κ1) is 17.7. The van der Waals surface area contributed by atoms with Gasteiger partial charge in [-0.2, -0.15) is 0 Å². The van der Waals surface area contributed by atoms with Gasteiger partial charge in [-0.15, -0.1) is 0 Å². The van der Waals surface area contributed by atoms with E-state index in [2.05, 4.69) is 36.3 Å². The van der Waals surface area contributed by atoms with Crippen LogP contribution in [-0.4, -0.2) is 57.6 Å². The average Bonchev–Trinajstić information content (AvgIpc) is 2.41. The molecule has 0 amide bonds. The summed E-state index contributed by atoms with van der Waals surface area (Å²) in [6.45, 7) is 3.15. The number of halogens is 2. The zero-order chi connectivity index (χ0) is 15.1. The SMILES string of the molecule is CNC(CCN(C)CCN(C)C)c1cccc(Cl)c1Cl. The predicted molar refractivity (Wildman–Crippen MR) is 88.9 cm³/mol. The van der Waals surface area contributed by atoms with Crippen molar-refractivity contribution >= 4 is 23.2 Å². The van der Waals surface area contributed by atoms with Crippen molar-refractivity contribution in [2.24, 2.45) is 0 Å². The van der Waals surface area contributed by atoms with E-state index in [1.807, 2.05) is 25.2 Å². The summed E-state index contributed by atoms with van der Waals surface area (Å²) in [4.78, 5) is 4.53. The first-order valence-corrected chi connectivity index (χ1v) is 7.65. The summed E-state index contributed by atoms with van der Waals surface area (Å²) < 4.78 is 0. The Balaban J connectivity index is 2.57. The second-order valence-electron chi connectivity index (χ2n) is 5.38. The largest absolute Gasteiger partial charge is 0.313 e. The highest BCUT2D eigenvalue weighted by molar-refractivity contribution is 6.42. The Bertz CT molecular complexity index is 410. The molecule has 0 saturated carbocycles. The molecule has 0 saturated heterocycles. The molecule has 0 radical (unpaired) electrons. The van der Waals surface area contributed by atoms with Crippen molar-refractivity contribution in [3.05, 3.63) is 33.8 Å². The molecule has 20 heavy (non-hydrogen) atoms. The van der Waals surface area contributed by atoms with Gasteiger partial charge >= 0.3 is 0 Å². The van der Waals surface area contributed by atoms with Crippen LogP contribution in [0.1, 0.15) is 18.0 Å². The number of likely N-dealkylation sites (N-methyl/N-ethyl adjacent to an activating group) is 2. The predicted octanol–water partition coefficient (Wildman–Crippen LogP) is 3.14. The van der Waals surface area contributed by atoms with E-state index in [1.165, 1.54) is 0 Å². The van der Waals surface area contributed by atoms with Gasteiger partial charge in [0, 0.05) is 19.1 Å². The van der Waals surface area contributed by atoms with E-state index in [9.17, 15) is 0 Å². The van der Waals surface area contributed by atoms with Crippen LogP contribution in [0.25, 0.3) is 0 Å². The number of rotatable bonds is 8. The molecule has 0 aliphatic rings. The number of nitrogens with one attached hydrogen (secondary N) is 1. The van der Waals surface area contributed by atoms with Gasteiger partial charge in [-0.3, -0.25) is 0 Å². The fraction of sp³-hybridized carbons (Fsp3) is 0.600. The number of hydrogen-bond donors (Lipinski definition) is 1. The molecule has 5 heteroatoms. The summed E-state index contributed by atoms with van der Waals surface area (Å²) in [5.74, 6) is 0. The smallest absolute Gasteiger partial charge is 0.0640 e. The van der Waals surface area contributed by atoms with E-state index < -0.39 is 0 Å². The number of benzene rings is 1. The third-order valence-corrected chi connectivity index (χ3v) is 4.27.